The van der Waals surface area contributed by atoms with E-state index in [2.05, 4.69) is 37.2 Å². The Labute approximate surface area is 106 Å². The Bertz CT molecular complexity index is 185. The van der Waals surface area contributed by atoms with Gasteiger partial charge in [-0.2, -0.15) is 11.8 Å². The third kappa shape index (κ3) is 5.55. The standard InChI is InChI=1S/C13H28N2S/c1-11(2)8-13-10-15(7-5-6-14-13)9-12(3)16-4/h11-14H,5-10H2,1-4H3. The molecule has 1 saturated heterocycles. The molecule has 0 radical (unpaired) electrons. The van der Waals surface area contributed by atoms with E-state index >= 15 is 0 Å². The van der Waals surface area contributed by atoms with E-state index in [4.69, 9.17) is 0 Å². The van der Waals surface area contributed by atoms with Crippen LogP contribution in [0.1, 0.15) is 33.6 Å². The largest absolute Gasteiger partial charge is 0.313 e. The lowest BCUT2D eigenvalue weighted by molar-refractivity contribution is 0.258. The highest BCUT2D eigenvalue weighted by atomic mass is 32.2. The van der Waals surface area contributed by atoms with Crippen LogP contribution in [0.5, 0.6) is 0 Å². The number of rotatable bonds is 5. The van der Waals surface area contributed by atoms with Crippen LogP contribution in [0.2, 0.25) is 0 Å². The molecule has 96 valence electrons. The van der Waals surface area contributed by atoms with Crippen LogP contribution in [0.25, 0.3) is 0 Å². The summed E-state index contributed by atoms with van der Waals surface area (Å²) in [6.45, 7) is 11.9. The van der Waals surface area contributed by atoms with E-state index in [9.17, 15) is 0 Å². The molecular weight excluding hydrogens is 216 g/mol. The van der Waals surface area contributed by atoms with Gasteiger partial charge >= 0.3 is 0 Å². The second-order valence-corrected chi connectivity index (χ2v) is 6.72. The summed E-state index contributed by atoms with van der Waals surface area (Å²) in [5.74, 6) is 0.801. The van der Waals surface area contributed by atoms with Crippen LogP contribution in [0.15, 0.2) is 0 Å². The van der Waals surface area contributed by atoms with Gasteiger partial charge in [0.2, 0.25) is 0 Å². The van der Waals surface area contributed by atoms with E-state index in [1.807, 2.05) is 11.8 Å². The summed E-state index contributed by atoms with van der Waals surface area (Å²) in [6, 6.07) is 0.705. The SMILES string of the molecule is CSC(C)CN1CCCNC(CC(C)C)C1. The molecule has 1 fully saturated rings. The van der Waals surface area contributed by atoms with Gasteiger partial charge in [-0.3, -0.25) is 0 Å². The lowest BCUT2D eigenvalue weighted by Crippen LogP contribution is -2.40. The lowest BCUT2D eigenvalue weighted by atomic mass is 10.0. The van der Waals surface area contributed by atoms with Crippen molar-refractivity contribution in [3.8, 4) is 0 Å². The van der Waals surface area contributed by atoms with Gasteiger partial charge < -0.3 is 10.2 Å². The Hall–Kier alpha value is 0.270. The first-order valence-electron chi connectivity index (χ1n) is 6.60. The van der Waals surface area contributed by atoms with Gasteiger partial charge in [-0.1, -0.05) is 20.8 Å². The highest BCUT2D eigenvalue weighted by molar-refractivity contribution is 7.99. The fourth-order valence-electron chi connectivity index (χ4n) is 2.41. The summed E-state index contributed by atoms with van der Waals surface area (Å²) in [7, 11) is 0. The molecule has 2 unspecified atom stereocenters. The number of hydrogen-bond donors (Lipinski definition) is 1. The molecule has 0 saturated carbocycles. The maximum Gasteiger partial charge on any atom is 0.0197 e. The van der Waals surface area contributed by atoms with Gasteiger partial charge in [-0.25, -0.2) is 0 Å². The van der Waals surface area contributed by atoms with Crippen LogP contribution < -0.4 is 5.32 Å². The smallest absolute Gasteiger partial charge is 0.0197 e. The van der Waals surface area contributed by atoms with E-state index in [1.54, 1.807) is 0 Å². The van der Waals surface area contributed by atoms with Crippen molar-refractivity contribution in [1.29, 1.82) is 0 Å². The second-order valence-electron chi connectivity index (χ2n) is 5.44. The van der Waals surface area contributed by atoms with E-state index < -0.39 is 0 Å². The molecular formula is C13H28N2S. The zero-order valence-electron chi connectivity index (χ0n) is 11.3. The molecule has 0 amide bonds. The molecule has 0 spiro atoms. The van der Waals surface area contributed by atoms with Gasteiger partial charge in [0.1, 0.15) is 0 Å². The van der Waals surface area contributed by atoms with E-state index in [1.165, 1.54) is 39.0 Å². The van der Waals surface area contributed by atoms with E-state index in [-0.39, 0.29) is 0 Å². The van der Waals surface area contributed by atoms with Gasteiger partial charge in [0.15, 0.2) is 0 Å². The van der Waals surface area contributed by atoms with Crippen LogP contribution >= 0.6 is 11.8 Å². The zero-order chi connectivity index (χ0) is 12.0. The predicted molar refractivity (Wildman–Crippen MR) is 75.3 cm³/mol. The minimum Gasteiger partial charge on any atom is -0.313 e. The number of hydrogen-bond acceptors (Lipinski definition) is 3. The summed E-state index contributed by atoms with van der Waals surface area (Å²) in [6.07, 6.45) is 4.83. The second kappa shape index (κ2) is 7.57. The zero-order valence-corrected chi connectivity index (χ0v) is 12.1. The summed E-state index contributed by atoms with van der Waals surface area (Å²) in [5.41, 5.74) is 0. The van der Waals surface area contributed by atoms with Gasteiger partial charge in [0.25, 0.3) is 0 Å². The Morgan fingerprint density at radius 1 is 1.38 bits per heavy atom. The van der Waals surface area contributed by atoms with Crippen molar-refractivity contribution in [2.45, 2.75) is 44.9 Å². The maximum absolute atomic E-state index is 3.69. The molecule has 0 aromatic heterocycles. The molecule has 0 aromatic rings. The first-order chi connectivity index (χ1) is 7.61. The van der Waals surface area contributed by atoms with Crippen molar-refractivity contribution in [2.75, 3.05) is 32.4 Å². The van der Waals surface area contributed by atoms with E-state index in [0.29, 0.717) is 6.04 Å². The summed E-state index contributed by atoms with van der Waals surface area (Å²) in [4.78, 5) is 2.65. The van der Waals surface area contributed by atoms with Gasteiger partial charge in [0, 0.05) is 24.4 Å². The molecule has 1 heterocycles. The first-order valence-corrected chi connectivity index (χ1v) is 7.89. The molecule has 2 atom stereocenters. The summed E-state index contributed by atoms with van der Waals surface area (Å²) in [5, 5.41) is 4.45. The van der Waals surface area contributed by atoms with Gasteiger partial charge in [-0.05, 0) is 38.1 Å². The highest BCUT2D eigenvalue weighted by Crippen LogP contribution is 2.13. The fraction of sp³-hybridized carbons (Fsp3) is 1.00. The van der Waals surface area contributed by atoms with Crippen LogP contribution in [-0.4, -0.2) is 48.6 Å². The van der Waals surface area contributed by atoms with Crippen LogP contribution in [0.3, 0.4) is 0 Å². The molecule has 1 rings (SSSR count). The molecule has 1 aliphatic heterocycles. The molecule has 2 nitrogen and oxygen atoms in total. The average molecular weight is 244 g/mol. The molecule has 1 aliphatic rings. The number of nitrogens with zero attached hydrogens (tertiary/aromatic N) is 1. The van der Waals surface area contributed by atoms with Crippen LogP contribution in [-0.2, 0) is 0 Å². The third-order valence-corrected chi connectivity index (χ3v) is 4.19. The normalized spacial score (nSPS) is 25.7. The maximum atomic E-state index is 3.69. The third-order valence-electron chi connectivity index (χ3n) is 3.24. The summed E-state index contributed by atoms with van der Waals surface area (Å²) >= 11 is 1.98. The number of nitrogens with one attached hydrogen (secondary N) is 1. The molecule has 0 bridgehead atoms. The first kappa shape index (κ1) is 14.3. The van der Waals surface area contributed by atoms with Crippen molar-refractivity contribution in [2.24, 2.45) is 5.92 Å². The predicted octanol–water partition coefficient (Wildman–Crippen LogP) is 2.45. The van der Waals surface area contributed by atoms with Crippen molar-refractivity contribution in [3.63, 3.8) is 0 Å². The quantitative estimate of drug-likeness (QED) is 0.800. The van der Waals surface area contributed by atoms with Crippen molar-refractivity contribution in [1.82, 2.24) is 10.2 Å². The van der Waals surface area contributed by atoms with Crippen molar-refractivity contribution >= 4 is 11.8 Å². The Kier molecular flexibility index (Phi) is 6.78. The van der Waals surface area contributed by atoms with E-state index in [0.717, 1.165) is 11.2 Å². The van der Waals surface area contributed by atoms with Gasteiger partial charge in [0.05, 0.1) is 0 Å². The lowest BCUT2D eigenvalue weighted by Gasteiger charge is -2.27. The monoisotopic (exact) mass is 244 g/mol. The number of thioether (sulfide) groups is 1. The molecule has 16 heavy (non-hydrogen) atoms. The van der Waals surface area contributed by atoms with Crippen molar-refractivity contribution < 1.29 is 0 Å². The Morgan fingerprint density at radius 2 is 2.12 bits per heavy atom. The minimum atomic E-state index is 0.705. The van der Waals surface area contributed by atoms with Crippen LogP contribution in [0, 0.1) is 5.92 Å². The molecule has 0 aromatic carbocycles. The Balaban J connectivity index is 2.39. The Morgan fingerprint density at radius 3 is 2.75 bits per heavy atom. The van der Waals surface area contributed by atoms with Crippen LogP contribution in [0.4, 0.5) is 0 Å². The van der Waals surface area contributed by atoms with Crippen molar-refractivity contribution in [3.05, 3.63) is 0 Å². The topological polar surface area (TPSA) is 15.3 Å². The molecule has 1 N–H and O–H groups in total. The fourth-order valence-corrected chi connectivity index (χ4v) is 2.77. The molecule has 3 heteroatoms. The summed E-state index contributed by atoms with van der Waals surface area (Å²) < 4.78 is 0. The van der Waals surface area contributed by atoms with Gasteiger partial charge in [-0.15, -0.1) is 0 Å². The minimum absolute atomic E-state index is 0.705. The molecule has 0 aliphatic carbocycles. The highest BCUT2D eigenvalue weighted by Gasteiger charge is 2.19. The average Bonchev–Trinajstić information content (AvgIpc) is 2.42.